The molecule has 0 saturated carbocycles. The van der Waals surface area contributed by atoms with Crippen molar-refractivity contribution in [2.24, 2.45) is 5.92 Å². The monoisotopic (exact) mass is 313 g/mol. The van der Waals surface area contributed by atoms with E-state index in [2.05, 4.69) is 0 Å². The van der Waals surface area contributed by atoms with Crippen molar-refractivity contribution in [3.8, 4) is 0 Å². The molecule has 0 aromatic rings. The van der Waals surface area contributed by atoms with E-state index in [9.17, 15) is 14.4 Å². The number of hydrogen-bond acceptors (Lipinski definition) is 4. The van der Waals surface area contributed by atoms with Crippen molar-refractivity contribution in [2.45, 2.75) is 70.3 Å². The Balaban J connectivity index is 2.27. The van der Waals surface area contributed by atoms with Crippen molar-refractivity contribution in [3.63, 3.8) is 0 Å². The van der Waals surface area contributed by atoms with Gasteiger partial charge in [0.1, 0.15) is 5.78 Å². The molecule has 4 nitrogen and oxygen atoms in total. The second-order valence-electron chi connectivity index (χ2n) is 6.19. The van der Waals surface area contributed by atoms with Crippen molar-refractivity contribution in [1.29, 1.82) is 0 Å². The van der Waals surface area contributed by atoms with Crippen LogP contribution in [-0.4, -0.2) is 39.5 Å². The molecule has 1 aliphatic rings. The first-order valence-electron chi connectivity index (χ1n) is 7.85. The minimum absolute atomic E-state index is 0.0306. The van der Waals surface area contributed by atoms with Crippen LogP contribution in [0.3, 0.4) is 0 Å². The van der Waals surface area contributed by atoms with Gasteiger partial charge in [0.25, 0.3) is 0 Å². The van der Waals surface area contributed by atoms with E-state index in [1.165, 1.54) is 4.90 Å². The highest BCUT2D eigenvalue weighted by molar-refractivity contribution is 8.01. The lowest BCUT2D eigenvalue weighted by Gasteiger charge is -2.15. The third-order valence-corrected chi connectivity index (χ3v) is 4.83. The molecule has 0 bridgehead atoms. The Labute approximate surface area is 132 Å². The zero-order valence-electron chi connectivity index (χ0n) is 13.6. The van der Waals surface area contributed by atoms with Crippen molar-refractivity contribution >= 4 is 29.4 Å². The number of likely N-dealkylation sites (tertiary alicyclic amines) is 1. The van der Waals surface area contributed by atoms with Gasteiger partial charge in [0.05, 0.1) is 5.25 Å². The van der Waals surface area contributed by atoms with E-state index < -0.39 is 0 Å². The topological polar surface area (TPSA) is 54.5 Å². The van der Waals surface area contributed by atoms with Crippen LogP contribution in [-0.2, 0) is 14.4 Å². The molecule has 120 valence electrons. The first-order valence-corrected chi connectivity index (χ1v) is 8.79. The number of nitrogens with zero attached hydrogens (tertiary/aromatic N) is 1. The fourth-order valence-electron chi connectivity index (χ4n) is 2.36. The Morgan fingerprint density at radius 3 is 2.43 bits per heavy atom. The molecule has 0 spiro atoms. The number of unbranched alkanes of at least 4 members (excludes halogenated alkanes) is 2. The summed E-state index contributed by atoms with van der Waals surface area (Å²) >= 11 is 1.57. The van der Waals surface area contributed by atoms with Crippen LogP contribution in [0.2, 0.25) is 0 Å². The van der Waals surface area contributed by atoms with E-state index in [4.69, 9.17) is 0 Å². The van der Waals surface area contributed by atoms with Crippen molar-refractivity contribution < 1.29 is 14.4 Å². The maximum Gasteiger partial charge on any atom is 0.242 e. The van der Waals surface area contributed by atoms with Gasteiger partial charge in [0.2, 0.25) is 11.8 Å². The molecule has 21 heavy (non-hydrogen) atoms. The highest BCUT2D eigenvalue weighted by atomic mass is 32.2. The smallest absolute Gasteiger partial charge is 0.242 e. The van der Waals surface area contributed by atoms with Gasteiger partial charge in [-0.1, -0.05) is 34.1 Å². The van der Waals surface area contributed by atoms with Gasteiger partial charge in [-0.3, -0.25) is 19.3 Å². The third kappa shape index (κ3) is 5.81. The Morgan fingerprint density at radius 2 is 1.86 bits per heavy atom. The maximum atomic E-state index is 12.1. The maximum absolute atomic E-state index is 12.1. The second kappa shape index (κ2) is 8.57. The van der Waals surface area contributed by atoms with E-state index >= 15 is 0 Å². The van der Waals surface area contributed by atoms with Crippen molar-refractivity contribution in [3.05, 3.63) is 0 Å². The molecule has 1 atom stereocenters. The van der Waals surface area contributed by atoms with Gasteiger partial charge >= 0.3 is 0 Å². The summed E-state index contributed by atoms with van der Waals surface area (Å²) in [7, 11) is 0. The molecule has 0 aliphatic carbocycles. The van der Waals surface area contributed by atoms with Crippen LogP contribution < -0.4 is 0 Å². The molecule has 1 fully saturated rings. The standard InChI is InChI=1S/C16H27NO3S/c1-11(2)13(18)8-6-5-7-9-17-15(19)10-14(16(17)20)21-12(3)4/h11-12,14H,5-10H2,1-4H3. The molecule has 0 radical (unpaired) electrons. The molecular formula is C16H27NO3S. The molecule has 1 aliphatic heterocycles. The van der Waals surface area contributed by atoms with E-state index in [1.807, 2.05) is 27.7 Å². The van der Waals surface area contributed by atoms with Crippen molar-refractivity contribution in [1.82, 2.24) is 4.90 Å². The number of Topliss-reactive ketones (excluding diaryl/α,β-unsaturated/α-hetero) is 1. The fraction of sp³-hybridized carbons (Fsp3) is 0.812. The molecule has 2 amide bonds. The molecule has 1 rings (SSSR count). The number of rotatable bonds is 9. The summed E-state index contributed by atoms with van der Waals surface area (Å²) in [6, 6.07) is 0. The van der Waals surface area contributed by atoms with Crippen LogP contribution in [0.4, 0.5) is 0 Å². The second-order valence-corrected chi connectivity index (χ2v) is 7.98. The number of carbonyl (C=O) groups excluding carboxylic acids is 3. The highest BCUT2D eigenvalue weighted by Gasteiger charge is 2.38. The summed E-state index contributed by atoms with van der Waals surface area (Å²) in [4.78, 5) is 36.9. The molecule has 1 saturated heterocycles. The molecule has 0 aromatic heterocycles. The van der Waals surface area contributed by atoms with Crippen LogP contribution in [0.15, 0.2) is 0 Å². The molecule has 5 heteroatoms. The van der Waals surface area contributed by atoms with E-state index in [0.29, 0.717) is 24.6 Å². The van der Waals surface area contributed by atoms with Crippen LogP contribution >= 0.6 is 11.8 Å². The Morgan fingerprint density at radius 1 is 1.19 bits per heavy atom. The van der Waals surface area contributed by atoms with Gasteiger partial charge < -0.3 is 0 Å². The number of ketones is 1. The summed E-state index contributed by atoms with van der Waals surface area (Å²) in [6.45, 7) is 8.41. The number of hydrogen-bond donors (Lipinski definition) is 0. The fourth-order valence-corrected chi connectivity index (χ4v) is 3.50. The number of thioether (sulfide) groups is 1. The molecule has 0 aromatic carbocycles. The van der Waals surface area contributed by atoms with Crippen LogP contribution in [0.1, 0.15) is 59.8 Å². The lowest BCUT2D eigenvalue weighted by molar-refractivity contribution is -0.138. The summed E-state index contributed by atoms with van der Waals surface area (Å²) in [5, 5.41) is 0.161. The first-order chi connectivity index (χ1) is 9.82. The average molecular weight is 313 g/mol. The summed E-state index contributed by atoms with van der Waals surface area (Å²) in [6.07, 6.45) is 3.47. The zero-order chi connectivity index (χ0) is 16.0. The molecule has 1 heterocycles. The van der Waals surface area contributed by atoms with E-state index in [-0.39, 0.29) is 28.8 Å². The van der Waals surface area contributed by atoms with E-state index in [0.717, 1.165) is 19.3 Å². The van der Waals surface area contributed by atoms with E-state index in [1.54, 1.807) is 11.8 Å². The van der Waals surface area contributed by atoms with Gasteiger partial charge in [-0.05, 0) is 18.1 Å². The number of carbonyl (C=O) groups is 3. The lowest BCUT2D eigenvalue weighted by Crippen LogP contribution is -2.32. The quantitative estimate of drug-likeness (QED) is 0.485. The van der Waals surface area contributed by atoms with Gasteiger partial charge in [-0.25, -0.2) is 0 Å². The summed E-state index contributed by atoms with van der Waals surface area (Å²) < 4.78 is 0. The summed E-state index contributed by atoms with van der Waals surface area (Å²) in [5.74, 6) is 0.311. The predicted molar refractivity (Wildman–Crippen MR) is 86.2 cm³/mol. The Hall–Kier alpha value is -0.840. The van der Waals surface area contributed by atoms with Gasteiger partial charge in [-0.2, -0.15) is 0 Å². The Bertz CT molecular complexity index is 393. The third-order valence-electron chi connectivity index (χ3n) is 3.59. The molecule has 1 unspecified atom stereocenters. The predicted octanol–water partition coefficient (Wildman–Crippen LogP) is 3.04. The van der Waals surface area contributed by atoms with Crippen LogP contribution in [0.5, 0.6) is 0 Å². The number of imide groups is 1. The SMILES string of the molecule is CC(C)SC1CC(=O)N(CCCCCC(=O)C(C)C)C1=O. The van der Waals surface area contributed by atoms with Crippen LogP contribution in [0, 0.1) is 5.92 Å². The average Bonchev–Trinajstić information content (AvgIpc) is 2.64. The van der Waals surface area contributed by atoms with Crippen LogP contribution in [0.25, 0.3) is 0 Å². The van der Waals surface area contributed by atoms with Gasteiger partial charge in [0.15, 0.2) is 0 Å². The lowest BCUT2D eigenvalue weighted by atomic mass is 10.0. The molecular weight excluding hydrogens is 286 g/mol. The van der Waals surface area contributed by atoms with Gasteiger partial charge in [-0.15, -0.1) is 11.8 Å². The molecule has 0 N–H and O–H groups in total. The summed E-state index contributed by atoms with van der Waals surface area (Å²) in [5.41, 5.74) is 0. The highest BCUT2D eigenvalue weighted by Crippen LogP contribution is 2.28. The Kier molecular flexibility index (Phi) is 7.43. The number of amides is 2. The normalized spacial score (nSPS) is 19.1. The first kappa shape index (κ1) is 18.2. The minimum Gasteiger partial charge on any atom is -0.299 e. The minimum atomic E-state index is -0.194. The zero-order valence-corrected chi connectivity index (χ0v) is 14.4. The van der Waals surface area contributed by atoms with Gasteiger partial charge in [0, 0.05) is 25.3 Å². The van der Waals surface area contributed by atoms with Crippen molar-refractivity contribution in [2.75, 3.05) is 6.54 Å². The largest absolute Gasteiger partial charge is 0.299 e.